The summed E-state index contributed by atoms with van der Waals surface area (Å²) in [5.41, 5.74) is 1.96. The van der Waals surface area contributed by atoms with Crippen molar-refractivity contribution in [1.82, 2.24) is 0 Å². The second-order valence-electron chi connectivity index (χ2n) is 6.77. The minimum Gasteiger partial charge on any atom is -0.506 e. The first kappa shape index (κ1) is 22.5. The van der Waals surface area contributed by atoms with E-state index in [1.165, 1.54) is 17.8 Å². The zero-order chi connectivity index (χ0) is 22.2. The van der Waals surface area contributed by atoms with Gasteiger partial charge >= 0.3 is 11.6 Å². The van der Waals surface area contributed by atoms with Gasteiger partial charge in [0, 0.05) is 17.4 Å². The van der Waals surface area contributed by atoms with Crippen LogP contribution < -0.4 is 10.4 Å². The Labute approximate surface area is 184 Å². The van der Waals surface area contributed by atoms with Gasteiger partial charge in [-0.2, -0.15) is 0 Å². The molecule has 0 saturated heterocycles. The molecule has 7 heteroatoms. The first-order valence-electron chi connectivity index (χ1n) is 9.91. The molecule has 0 radical (unpaired) electrons. The first-order chi connectivity index (χ1) is 15.0. The van der Waals surface area contributed by atoms with Crippen LogP contribution in [0.1, 0.15) is 18.1 Å². The fourth-order valence-corrected chi connectivity index (χ4v) is 3.87. The molecule has 0 saturated carbocycles. The number of ether oxygens (including phenoxy) is 2. The molecule has 0 bridgehead atoms. The van der Waals surface area contributed by atoms with E-state index in [0.29, 0.717) is 23.7 Å². The number of esters is 1. The molecule has 1 aromatic heterocycles. The number of carbonyl (C=O) groups is 1. The van der Waals surface area contributed by atoms with E-state index in [2.05, 4.69) is 0 Å². The van der Waals surface area contributed by atoms with Gasteiger partial charge in [-0.15, -0.1) is 11.8 Å². The minimum absolute atomic E-state index is 0.107. The van der Waals surface area contributed by atoms with Gasteiger partial charge in [0.05, 0.1) is 6.61 Å². The summed E-state index contributed by atoms with van der Waals surface area (Å²) in [4.78, 5) is 24.1. The lowest BCUT2D eigenvalue weighted by Crippen LogP contribution is -2.14. The maximum absolute atomic E-state index is 12.4. The number of aryl methyl sites for hydroxylation is 2. The molecule has 6 nitrogen and oxygen atoms in total. The lowest BCUT2D eigenvalue weighted by atomic mass is 10.1. The van der Waals surface area contributed by atoms with Crippen LogP contribution >= 0.6 is 11.8 Å². The largest absolute Gasteiger partial charge is 0.506 e. The average Bonchev–Trinajstić information content (AvgIpc) is 2.75. The molecule has 0 aliphatic carbocycles. The van der Waals surface area contributed by atoms with E-state index in [1.807, 2.05) is 37.3 Å². The fraction of sp³-hybridized carbons (Fsp3) is 0.250. The Morgan fingerprint density at radius 2 is 1.90 bits per heavy atom. The topological polar surface area (TPSA) is 86.0 Å². The Morgan fingerprint density at radius 1 is 1.13 bits per heavy atom. The highest BCUT2D eigenvalue weighted by Crippen LogP contribution is 2.32. The Kier molecular flexibility index (Phi) is 7.78. The molecule has 0 spiro atoms. The maximum Gasteiger partial charge on any atom is 0.353 e. The van der Waals surface area contributed by atoms with E-state index in [9.17, 15) is 14.7 Å². The van der Waals surface area contributed by atoms with E-state index in [1.54, 1.807) is 25.1 Å². The summed E-state index contributed by atoms with van der Waals surface area (Å²) in [5, 5.41) is 10.4. The lowest BCUT2D eigenvalue weighted by Gasteiger charge is -2.11. The molecule has 1 heterocycles. The zero-order valence-electron chi connectivity index (χ0n) is 17.4. The van der Waals surface area contributed by atoms with Gasteiger partial charge in [-0.1, -0.05) is 30.3 Å². The molecule has 3 rings (SSSR count). The smallest absolute Gasteiger partial charge is 0.353 e. The number of hydrogen-bond donors (Lipinski definition) is 1. The average molecular weight is 441 g/mol. The Morgan fingerprint density at radius 3 is 2.58 bits per heavy atom. The number of carbonyl (C=O) groups excluding carboxylic acids is 1. The summed E-state index contributed by atoms with van der Waals surface area (Å²) in [7, 11) is 0. The Bertz CT molecular complexity index is 1090. The minimum atomic E-state index is -0.576. The van der Waals surface area contributed by atoms with Crippen molar-refractivity contribution in [3.63, 3.8) is 0 Å². The summed E-state index contributed by atoms with van der Waals surface area (Å²) >= 11 is 1.27. The van der Waals surface area contributed by atoms with Crippen LogP contribution in [0.5, 0.6) is 11.5 Å². The number of hydrogen-bond acceptors (Lipinski definition) is 7. The number of benzene rings is 2. The summed E-state index contributed by atoms with van der Waals surface area (Å²) in [6.07, 6.45) is 0.776. The maximum atomic E-state index is 12.4. The predicted molar refractivity (Wildman–Crippen MR) is 120 cm³/mol. The summed E-state index contributed by atoms with van der Waals surface area (Å²) in [5.74, 6) is 0.881. The van der Waals surface area contributed by atoms with Crippen LogP contribution in [0.15, 0.2) is 68.7 Å². The van der Waals surface area contributed by atoms with Crippen LogP contribution in [0, 0.1) is 6.92 Å². The summed E-state index contributed by atoms with van der Waals surface area (Å²) in [6, 6.07) is 16.5. The molecule has 2 aromatic carbocycles. The number of aromatic hydroxyl groups is 1. The van der Waals surface area contributed by atoms with E-state index in [4.69, 9.17) is 13.9 Å². The Hall–Kier alpha value is -3.19. The summed E-state index contributed by atoms with van der Waals surface area (Å²) in [6.45, 7) is 3.66. The highest BCUT2D eigenvalue weighted by molar-refractivity contribution is 7.99. The van der Waals surface area contributed by atoms with Crippen molar-refractivity contribution in [3.8, 4) is 22.8 Å². The van der Waals surface area contributed by atoms with Gasteiger partial charge in [0.15, 0.2) is 6.61 Å². The van der Waals surface area contributed by atoms with Crippen LogP contribution in [0.2, 0.25) is 0 Å². The van der Waals surface area contributed by atoms with Crippen LogP contribution in [-0.4, -0.2) is 30.0 Å². The van der Waals surface area contributed by atoms with Gasteiger partial charge in [0.1, 0.15) is 22.2 Å². The van der Waals surface area contributed by atoms with Crippen molar-refractivity contribution in [2.45, 2.75) is 25.2 Å². The molecule has 31 heavy (non-hydrogen) atoms. The van der Waals surface area contributed by atoms with Crippen molar-refractivity contribution < 1.29 is 23.8 Å². The lowest BCUT2D eigenvalue weighted by molar-refractivity contribution is -0.145. The molecule has 0 unspecified atom stereocenters. The molecular weight excluding hydrogens is 416 g/mol. The second kappa shape index (κ2) is 10.7. The molecule has 0 aliphatic heterocycles. The molecule has 0 atom stereocenters. The third-order valence-electron chi connectivity index (χ3n) is 4.48. The quantitative estimate of drug-likeness (QED) is 0.384. The molecule has 0 amide bonds. The van der Waals surface area contributed by atoms with Crippen LogP contribution in [0.3, 0.4) is 0 Å². The van der Waals surface area contributed by atoms with Crippen molar-refractivity contribution >= 4 is 17.7 Å². The van der Waals surface area contributed by atoms with E-state index in [0.717, 1.165) is 17.5 Å². The van der Waals surface area contributed by atoms with Crippen LogP contribution in [0.4, 0.5) is 0 Å². The number of thioether (sulfide) groups is 1. The van der Waals surface area contributed by atoms with Gasteiger partial charge in [0.2, 0.25) is 0 Å². The van der Waals surface area contributed by atoms with Crippen molar-refractivity contribution in [2.75, 3.05) is 19.0 Å². The van der Waals surface area contributed by atoms with E-state index >= 15 is 0 Å². The van der Waals surface area contributed by atoms with Gasteiger partial charge in [-0.05, 0) is 49.6 Å². The zero-order valence-corrected chi connectivity index (χ0v) is 18.2. The molecule has 0 fully saturated rings. The van der Waals surface area contributed by atoms with Gasteiger partial charge in [-0.3, -0.25) is 0 Å². The van der Waals surface area contributed by atoms with Crippen LogP contribution in [0.25, 0.3) is 11.3 Å². The van der Waals surface area contributed by atoms with Crippen LogP contribution in [-0.2, 0) is 16.0 Å². The molecule has 162 valence electrons. The monoisotopic (exact) mass is 440 g/mol. The van der Waals surface area contributed by atoms with Gasteiger partial charge < -0.3 is 19.0 Å². The third-order valence-corrected chi connectivity index (χ3v) is 5.55. The second-order valence-corrected chi connectivity index (χ2v) is 7.88. The van der Waals surface area contributed by atoms with E-state index in [-0.39, 0.29) is 23.0 Å². The normalized spacial score (nSPS) is 10.6. The fourth-order valence-electron chi connectivity index (χ4n) is 2.96. The van der Waals surface area contributed by atoms with Crippen molar-refractivity contribution in [1.29, 1.82) is 0 Å². The van der Waals surface area contributed by atoms with E-state index < -0.39 is 11.6 Å². The summed E-state index contributed by atoms with van der Waals surface area (Å²) < 4.78 is 15.8. The van der Waals surface area contributed by atoms with Gasteiger partial charge in [0.25, 0.3) is 0 Å². The number of rotatable bonds is 9. The molecule has 0 aliphatic rings. The van der Waals surface area contributed by atoms with Crippen molar-refractivity contribution in [2.24, 2.45) is 0 Å². The highest BCUT2D eigenvalue weighted by Gasteiger charge is 2.14. The Balaban J connectivity index is 1.69. The highest BCUT2D eigenvalue weighted by atomic mass is 32.2. The SMILES string of the molecule is CCOC(=O)COc1ccc(-c2cc(O)c(SCCc3ccccc3)c(=O)o2)cc1C. The molecule has 1 N–H and O–H groups in total. The standard InChI is InChI=1S/C24H24O6S/c1-3-28-22(26)15-29-20-10-9-18(13-16(20)2)21-14-19(25)23(24(27)30-21)31-12-11-17-7-5-4-6-8-17/h4-10,13-14,25H,3,11-12,15H2,1-2H3. The predicted octanol–water partition coefficient (Wildman–Crippen LogP) is 4.60. The van der Waals surface area contributed by atoms with Gasteiger partial charge in [-0.25, -0.2) is 9.59 Å². The molecular formula is C24H24O6S. The van der Waals surface area contributed by atoms with Crippen molar-refractivity contribution in [3.05, 3.63) is 76.1 Å². The molecule has 3 aromatic rings. The third kappa shape index (κ3) is 6.15. The first-order valence-corrected chi connectivity index (χ1v) is 10.9.